The fourth-order valence-electron chi connectivity index (χ4n) is 0.492. The lowest BCUT2D eigenvalue weighted by atomic mass is 10.5. The molecule has 0 bridgehead atoms. The Labute approximate surface area is 80.7 Å². The Morgan fingerprint density at radius 1 is 1.64 bits per heavy atom. The summed E-state index contributed by atoms with van der Waals surface area (Å²) in [6, 6.07) is 0.0702. The Balaban J connectivity index is 4.02. The highest BCUT2D eigenvalue weighted by Crippen LogP contribution is 2.07. The molecule has 0 rings (SSSR count). The van der Waals surface area contributed by atoms with E-state index in [0.717, 1.165) is 0 Å². The maximum absolute atomic E-state index is 11.0. The molecule has 1 amide bonds. The molecular weight excluding hydrogens is 208 g/mol. The number of carbonyl (C=O) groups excluding carboxylic acids is 1. The third-order valence-corrected chi connectivity index (χ3v) is 1.65. The zero-order valence-corrected chi connectivity index (χ0v) is 8.03. The molecule has 0 N–H and O–H groups in total. The van der Waals surface area contributed by atoms with Crippen LogP contribution in [0, 0.1) is 0 Å². The number of hydrogen-bond acceptors (Lipinski definition) is 1. The molecule has 0 radical (unpaired) electrons. The van der Waals surface area contributed by atoms with Crippen LogP contribution in [0.15, 0.2) is 12.7 Å². The van der Waals surface area contributed by atoms with Crippen molar-refractivity contribution in [1.82, 2.24) is 4.90 Å². The van der Waals surface area contributed by atoms with Gasteiger partial charge >= 0.3 is 0 Å². The first-order chi connectivity index (χ1) is 5.13. The van der Waals surface area contributed by atoms with Crippen LogP contribution < -0.4 is 0 Å². The van der Waals surface area contributed by atoms with Gasteiger partial charge in [-0.15, -0.1) is 18.2 Å². The summed E-state index contributed by atoms with van der Waals surface area (Å²) >= 11 is 16.1. The summed E-state index contributed by atoms with van der Waals surface area (Å²) in [6.07, 6.45) is 1.55. The summed E-state index contributed by atoms with van der Waals surface area (Å²) in [5.74, 6) is -0.400. The third kappa shape index (κ3) is 3.85. The van der Waals surface area contributed by atoms with Crippen molar-refractivity contribution in [1.29, 1.82) is 0 Å². The predicted octanol–water partition coefficient (Wildman–Crippen LogP) is 2.00. The predicted molar refractivity (Wildman–Crippen MR) is 48.1 cm³/mol. The molecule has 0 saturated carbocycles. The van der Waals surface area contributed by atoms with Gasteiger partial charge in [-0.25, -0.2) is 0 Å². The highest BCUT2D eigenvalue weighted by Gasteiger charge is 2.17. The van der Waals surface area contributed by atoms with Crippen LogP contribution in [0.1, 0.15) is 0 Å². The molecule has 0 spiro atoms. The second-order valence-corrected chi connectivity index (χ2v) is 3.10. The molecule has 0 aromatic carbocycles. The van der Waals surface area contributed by atoms with E-state index in [1.165, 1.54) is 4.90 Å². The van der Waals surface area contributed by atoms with Crippen molar-refractivity contribution < 1.29 is 4.79 Å². The molecule has 0 atom stereocenters. The van der Waals surface area contributed by atoms with Gasteiger partial charge in [0.1, 0.15) is 0 Å². The van der Waals surface area contributed by atoms with Crippen molar-refractivity contribution in [2.45, 2.75) is 4.84 Å². The van der Waals surface area contributed by atoms with Crippen LogP contribution in [0.3, 0.4) is 0 Å². The van der Waals surface area contributed by atoms with Crippen LogP contribution in [0.25, 0.3) is 0 Å². The maximum atomic E-state index is 11.0. The van der Waals surface area contributed by atoms with E-state index < -0.39 is 10.7 Å². The fourth-order valence-corrected chi connectivity index (χ4v) is 0.983. The summed E-state index contributed by atoms with van der Waals surface area (Å²) in [7, 11) is 0. The molecule has 5 heteroatoms. The first-order valence-electron chi connectivity index (χ1n) is 2.87. The Bertz CT molecular complexity index is 149. The topological polar surface area (TPSA) is 20.3 Å². The van der Waals surface area contributed by atoms with Crippen LogP contribution in [0.4, 0.5) is 0 Å². The van der Waals surface area contributed by atoms with E-state index in [-0.39, 0.29) is 6.00 Å². The van der Waals surface area contributed by atoms with Crippen molar-refractivity contribution >= 4 is 40.7 Å². The van der Waals surface area contributed by atoms with Crippen LogP contribution in [-0.4, -0.2) is 28.2 Å². The number of carbonyl (C=O) groups is 1. The minimum Gasteiger partial charge on any atom is -0.323 e. The summed E-state index contributed by atoms with van der Waals surface area (Å²) in [5, 5.41) is 0. The van der Waals surface area contributed by atoms with Gasteiger partial charge in [0, 0.05) is 6.54 Å². The summed E-state index contributed by atoms with van der Waals surface area (Å²) in [6.45, 7) is 3.81. The van der Waals surface area contributed by atoms with E-state index in [2.05, 4.69) is 6.58 Å². The minimum absolute atomic E-state index is 0.0702. The molecule has 64 valence electrons. The molecule has 0 unspecified atom stereocenters. The SMILES string of the molecule is C=CCN(CCl)C(=O)C(Cl)Cl. The van der Waals surface area contributed by atoms with Crippen molar-refractivity contribution in [2.24, 2.45) is 0 Å². The Morgan fingerprint density at radius 3 is 2.45 bits per heavy atom. The Morgan fingerprint density at radius 2 is 2.18 bits per heavy atom. The van der Waals surface area contributed by atoms with Crippen LogP contribution in [0.5, 0.6) is 0 Å². The van der Waals surface area contributed by atoms with Gasteiger partial charge in [-0.2, -0.15) is 0 Å². The minimum atomic E-state index is -1.05. The fraction of sp³-hybridized carbons (Fsp3) is 0.500. The molecule has 2 nitrogen and oxygen atoms in total. The van der Waals surface area contributed by atoms with Gasteiger partial charge < -0.3 is 4.90 Å². The van der Waals surface area contributed by atoms with E-state index in [9.17, 15) is 4.79 Å². The zero-order chi connectivity index (χ0) is 8.85. The van der Waals surface area contributed by atoms with Gasteiger partial charge in [0.15, 0.2) is 4.84 Å². The Kier molecular flexibility index (Phi) is 5.74. The van der Waals surface area contributed by atoms with E-state index in [1.807, 2.05) is 0 Å². The van der Waals surface area contributed by atoms with Gasteiger partial charge in [-0.1, -0.05) is 29.3 Å². The van der Waals surface area contributed by atoms with Crippen molar-refractivity contribution in [2.75, 3.05) is 12.5 Å². The second kappa shape index (κ2) is 5.70. The lowest BCUT2D eigenvalue weighted by Gasteiger charge is -2.17. The normalized spacial score (nSPS) is 9.82. The van der Waals surface area contributed by atoms with Crippen molar-refractivity contribution in [3.63, 3.8) is 0 Å². The van der Waals surface area contributed by atoms with Crippen molar-refractivity contribution in [3.05, 3.63) is 12.7 Å². The number of halogens is 3. The number of alkyl halides is 3. The number of rotatable bonds is 4. The maximum Gasteiger partial charge on any atom is 0.257 e. The van der Waals surface area contributed by atoms with Gasteiger partial charge in [-0.05, 0) is 0 Å². The average molecular weight is 216 g/mol. The number of nitrogens with zero attached hydrogens (tertiary/aromatic N) is 1. The zero-order valence-electron chi connectivity index (χ0n) is 5.77. The molecule has 0 aromatic rings. The largest absolute Gasteiger partial charge is 0.323 e. The summed E-state index contributed by atoms with van der Waals surface area (Å²) in [5.41, 5.74) is 0. The molecule has 0 aliphatic carbocycles. The lowest BCUT2D eigenvalue weighted by Crippen LogP contribution is -2.33. The van der Waals surface area contributed by atoms with Gasteiger partial charge in [0.05, 0.1) is 6.00 Å². The molecule has 0 fully saturated rings. The highest BCUT2D eigenvalue weighted by atomic mass is 35.5. The first-order valence-corrected chi connectivity index (χ1v) is 4.28. The Hall–Kier alpha value is 0.0800. The van der Waals surface area contributed by atoms with Crippen LogP contribution in [0.2, 0.25) is 0 Å². The third-order valence-electron chi connectivity index (χ3n) is 0.992. The van der Waals surface area contributed by atoms with Gasteiger partial charge in [-0.3, -0.25) is 4.79 Å². The quantitative estimate of drug-likeness (QED) is 0.400. The average Bonchev–Trinajstić information content (AvgIpc) is 1.98. The molecule has 0 saturated heterocycles. The van der Waals surface area contributed by atoms with Gasteiger partial charge in [0.2, 0.25) is 0 Å². The van der Waals surface area contributed by atoms with E-state index in [1.54, 1.807) is 6.08 Å². The highest BCUT2D eigenvalue weighted by molar-refractivity contribution is 6.53. The summed E-state index contributed by atoms with van der Waals surface area (Å²) in [4.78, 5) is 11.2. The van der Waals surface area contributed by atoms with E-state index in [4.69, 9.17) is 34.8 Å². The molecule has 0 heterocycles. The summed E-state index contributed by atoms with van der Waals surface area (Å²) < 4.78 is 0. The second-order valence-electron chi connectivity index (χ2n) is 1.77. The molecule has 11 heavy (non-hydrogen) atoms. The number of amides is 1. The molecule has 0 aromatic heterocycles. The first kappa shape index (κ1) is 11.1. The van der Waals surface area contributed by atoms with E-state index in [0.29, 0.717) is 6.54 Å². The molecule has 0 aliphatic heterocycles. The van der Waals surface area contributed by atoms with Crippen LogP contribution in [-0.2, 0) is 4.79 Å². The standard InChI is InChI=1S/C6H8Cl3NO/c1-2-3-10(4-7)6(11)5(8)9/h2,5H,1,3-4H2. The van der Waals surface area contributed by atoms with Gasteiger partial charge in [0.25, 0.3) is 5.91 Å². The monoisotopic (exact) mass is 215 g/mol. The lowest BCUT2D eigenvalue weighted by molar-refractivity contribution is -0.127. The van der Waals surface area contributed by atoms with E-state index >= 15 is 0 Å². The smallest absolute Gasteiger partial charge is 0.257 e. The van der Waals surface area contributed by atoms with Crippen LogP contribution >= 0.6 is 34.8 Å². The van der Waals surface area contributed by atoms with Crippen molar-refractivity contribution in [3.8, 4) is 0 Å². The number of hydrogen-bond donors (Lipinski definition) is 0. The molecular formula is C6H8Cl3NO. The molecule has 0 aliphatic rings.